The van der Waals surface area contributed by atoms with Crippen molar-refractivity contribution in [2.75, 3.05) is 6.26 Å². The number of rotatable bonds is 4. The molecule has 0 aliphatic heterocycles. The first-order valence-electron chi connectivity index (χ1n) is 5.19. The van der Waals surface area contributed by atoms with Crippen LogP contribution in [0.25, 0.3) is 0 Å². The monoisotopic (exact) mass is 256 g/mol. The van der Waals surface area contributed by atoms with Crippen molar-refractivity contribution < 1.29 is 13.2 Å². The van der Waals surface area contributed by atoms with E-state index in [1.165, 1.54) is 6.92 Å². The highest BCUT2D eigenvalue weighted by Gasteiger charge is 2.22. The maximum absolute atomic E-state index is 11.5. The lowest BCUT2D eigenvalue weighted by atomic mass is 10.2. The van der Waals surface area contributed by atoms with Gasteiger partial charge in [0.25, 0.3) is 0 Å². The lowest BCUT2D eigenvalue weighted by Gasteiger charge is -2.10. The number of nitrogens with one attached hydrogen (secondary N) is 1. The lowest BCUT2D eigenvalue weighted by molar-refractivity contribution is -0.120. The standard InChI is InChI=1S/C11H16N2O3S/c1-8-4-5-10(6-12-8)7-13-11(14)9(2)17(3,15)16/h4-6,9H,7H2,1-3H3,(H,13,14). The number of hydrogen-bond donors (Lipinski definition) is 1. The molecule has 0 aliphatic carbocycles. The first-order valence-corrected chi connectivity index (χ1v) is 7.14. The van der Waals surface area contributed by atoms with E-state index in [0.29, 0.717) is 0 Å². The summed E-state index contributed by atoms with van der Waals surface area (Å²) in [5.74, 6) is -0.493. The molecule has 17 heavy (non-hydrogen) atoms. The van der Waals surface area contributed by atoms with E-state index in [2.05, 4.69) is 10.3 Å². The van der Waals surface area contributed by atoms with Crippen LogP contribution in [0.15, 0.2) is 18.3 Å². The van der Waals surface area contributed by atoms with Gasteiger partial charge >= 0.3 is 0 Å². The minimum Gasteiger partial charge on any atom is -0.351 e. The van der Waals surface area contributed by atoms with E-state index < -0.39 is 21.0 Å². The highest BCUT2D eigenvalue weighted by atomic mass is 32.2. The molecule has 5 nitrogen and oxygen atoms in total. The van der Waals surface area contributed by atoms with Crippen LogP contribution in [0.5, 0.6) is 0 Å². The molecule has 0 radical (unpaired) electrons. The van der Waals surface area contributed by atoms with E-state index in [-0.39, 0.29) is 6.54 Å². The first-order chi connectivity index (χ1) is 7.80. The lowest BCUT2D eigenvalue weighted by Crippen LogP contribution is -2.37. The topological polar surface area (TPSA) is 76.1 Å². The highest BCUT2D eigenvalue weighted by Crippen LogP contribution is 2.01. The van der Waals surface area contributed by atoms with Crippen molar-refractivity contribution in [2.45, 2.75) is 25.6 Å². The van der Waals surface area contributed by atoms with Crippen LogP contribution in [0.4, 0.5) is 0 Å². The minimum atomic E-state index is -3.34. The normalized spacial score (nSPS) is 13.1. The van der Waals surface area contributed by atoms with Gasteiger partial charge in [0.15, 0.2) is 9.84 Å². The summed E-state index contributed by atoms with van der Waals surface area (Å²) < 4.78 is 22.3. The van der Waals surface area contributed by atoms with E-state index in [1.807, 2.05) is 19.1 Å². The molecule has 0 saturated carbocycles. The predicted octanol–water partition coefficient (Wildman–Crippen LogP) is 0.439. The van der Waals surface area contributed by atoms with Gasteiger partial charge in [-0.2, -0.15) is 0 Å². The number of hydrogen-bond acceptors (Lipinski definition) is 4. The molecule has 0 bridgehead atoms. The van der Waals surface area contributed by atoms with Gasteiger partial charge in [0.1, 0.15) is 5.25 Å². The molecule has 0 aliphatic rings. The molecule has 6 heteroatoms. The number of aromatic nitrogens is 1. The van der Waals surface area contributed by atoms with Crippen molar-refractivity contribution in [2.24, 2.45) is 0 Å². The van der Waals surface area contributed by atoms with E-state index in [4.69, 9.17) is 0 Å². The Hall–Kier alpha value is -1.43. The molecule has 1 atom stereocenters. The van der Waals surface area contributed by atoms with Gasteiger partial charge in [-0.25, -0.2) is 8.42 Å². The third kappa shape index (κ3) is 4.14. The second-order valence-corrected chi connectivity index (χ2v) is 6.36. The van der Waals surface area contributed by atoms with Gasteiger partial charge in [0.05, 0.1) is 0 Å². The third-order valence-corrected chi connectivity index (χ3v) is 3.95. The van der Waals surface area contributed by atoms with Crippen LogP contribution < -0.4 is 5.32 Å². The van der Waals surface area contributed by atoms with Crippen molar-refractivity contribution in [3.63, 3.8) is 0 Å². The summed E-state index contributed by atoms with van der Waals surface area (Å²) in [6.45, 7) is 3.53. The average Bonchev–Trinajstić information content (AvgIpc) is 2.25. The third-order valence-electron chi connectivity index (χ3n) is 2.45. The van der Waals surface area contributed by atoms with Crippen LogP contribution in [-0.4, -0.2) is 30.8 Å². The first kappa shape index (κ1) is 13.6. The van der Waals surface area contributed by atoms with Crippen LogP contribution in [0, 0.1) is 6.92 Å². The van der Waals surface area contributed by atoms with Gasteiger partial charge in [0, 0.05) is 24.7 Å². The number of amides is 1. The summed E-state index contributed by atoms with van der Waals surface area (Å²) in [6, 6.07) is 3.68. The van der Waals surface area contributed by atoms with Crippen molar-refractivity contribution in [1.82, 2.24) is 10.3 Å². The van der Waals surface area contributed by atoms with Gasteiger partial charge in [-0.05, 0) is 25.5 Å². The van der Waals surface area contributed by atoms with Gasteiger partial charge in [-0.3, -0.25) is 9.78 Å². The van der Waals surface area contributed by atoms with Gasteiger partial charge in [0.2, 0.25) is 5.91 Å². The Morgan fingerprint density at radius 3 is 2.59 bits per heavy atom. The van der Waals surface area contributed by atoms with Crippen molar-refractivity contribution in [3.05, 3.63) is 29.6 Å². The maximum atomic E-state index is 11.5. The van der Waals surface area contributed by atoms with Crippen LogP contribution >= 0.6 is 0 Å². The second kappa shape index (κ2) is 5.27. The average molecular weight is 256 g/mol. The van der Waals surface area contributed by atoms with Gasteiger partial charge in [-0.1, -0.05) is 6.07 Å². The summed E-state index contributed by atoms with van der Waals surface area (Å²) in [5.41, 5.74) is 1.73. The molecule has 94 valence electrons. The number of pyridine rings is 1. The molecular weight excluding hydrogens is 240 g/mol. The Kier molecular flexibility index (Phi) is 4.22. The number of carbonyl (C=O) groups excluding carboxylic acids is 1. The smallest absolute Gasteiger partial charge is 0.238 e. The van der Waals surface area contributed by atoms with Crippen LogP contribution in [0.1, 0.15) is 18.2 Å². The highest BCUT2D eigenvalue weighted by molar-refractivity contribution is 7.92. The summed E-state index contributed by atoms with van der Waals surface area (Å²) in [5, 5.41) is 1.54. The van der Waals surface area contributed by atoms with Crippen LogP contribution in [0.3, 0.4) is 0 Å². The Balaban J connectivity index is 2.57. The Bertz CT molecular complexity index is 494. The SMILES string of the molecule is Cc1ccc(CNC(=O)C(C)S(C)(=O)=O)cn1. The molecule has 0 aromatic carbocycles. The number of sulfone groups is 1. The summed E-state index contributed by atoms with van der Waals surface area (Å²) in [6.07, 6.45) is 2.70. The zero-order valence-electron chi connectivity index (χ0n) is 10.1. The number of nitrogens with zero attached hydrogens (tertiary/aromatic N) is 1. The van der Waals surface area contributed by atoms with E-state index in [1.54, 1.807) is 6.20 Å². The Labute approximate surface area is 101 Å². The zero-order valence-corrected chi connectivity index (χ0v) is 10.9. The van der Waals surface area contributed by atoms with Crippen molar-refractivity contribution in [3.8, 4) is 0 Å². The summed E-state index contributed by atoms with van der Waals surface area (Å²) >= 11 is 0. The Morgan fingerprint density at radius 2 is 2.12 bits per heavy atom. The van der Waals surface area contributed by atoms with Gasteiger partial charge < -0.3 is 5.32 Å². The molecule has 1 aromatic rings. The molecule has 1 rings (SSSR count). The fourth-order valence-corrected chi connectivity index (χ4v) is 1.60. The number of carbonyl (C=O) groups is 1. The van der Waals surface area contributed by atoms with Crippen molar-refractivity contribution >= 4 is 15.7 Å². The molecule has 0 saturated heterocycles. The second-order valence-electron chi connectivity index (χ2n) is 4.00. The molecule has 1 aromatic heterocycles. The predicted molar refractivity (Wildman–Crippen MR) is 65.1 cm³/mol. The molecular formula is C11H16N2O3S. The van der Waals surface area contributed by atoms with Crippen LogP contribution in [-0.2, 0) is 21.2 Å². The maximum Gasteiger partial charge on any atom is 0.238 e. The molecule has 0 fully saturated rings. The van der Waals surface area contributed by atoms with E-state index in [0.717, 1.165) is 17.5 Å². The number of aryl methyl sites for hydroxylation is 1. The summed E-state index contributed by atoms with van der Waals surface area (Å²) in [4.78, 5) is 15.6. The quantitative estimate of drug-likeness (QED) is 0.848. The van der Waals surface area contributed by atoms with E-state index in [9.17, 15) is 13.2 Å². The molecule has 1 N–H and O–H groups in total. The molecule has 1 amide bonds. The minimum absolute atomic E-state index is 0.284. The summed E-state index contributed by atoms with van der Waals surface area (Å²) in [7, 11) is -3.34. The van der Waals surface area contributed by atoms with E-state index >= 15 is 0 Å². The molecule has 1 heterocycles. The fraction of sp³-hybridized carbons (Fsp3) is 0.455. The van der Waals surface area contributed by atoms with Gasteiger partial charge in [-0.15, -0.1) is 0 Å². The van der Waals surface area contributed by atoms with Crippen molar-refractivity contribution in [1.29, 1.82) is 0 Å². The largest absolute Gasteiger partial charge is 0.351 e. The van der Waals surface area contributed by atoms with Crippen LogP contribution in [0.2, 0.25) is 0 Å². The Morgan fingerprint density at radius 1 is 1.47 bits per heavy atom. The zero-order chi connectivity index (χ0) is 13.1. The molecule has 1 unspecified atom stereocenters. The fourth-order valence-electron chi connectivity index (χ4n) is 1.13. The molecule has 0 spiro atoms.